The molecule has 0 saturated heterocycles. The molecule has 76 heavy (non-hydrogen) atoms. The average Bonchev–Trinajstić information content (AvgIpc) is 4.28. The Labute approximate surface area is 463 Å². The Morgan fingerprint density at radius 3 is 1.91 bits per heavy atom. The molecule has 0 spiro atoms. The first kappa shape index (κ1) is 46.9. The fourth-order valence-corrected chi connectivity index (χ4v) is 11.5. The second-order valence-corrected chi connectivity index (χ2v) is 21.2. The van der Waals surface area contributed by atoms with Crippen LogP contribution in [0.25, 0.3) is 83.1 Å². The van der Waals surface area contributed by atoms with Crippen LogP contribution in [0, 0.1) is 19.0 Å². The van der Waals surface area contributed by atoms with Crippen LogP contribution in [0.5, 0.6) is 0 Å². The van der Waals surface area contributed by atoms with Gasteiger partial charge in [0.1, 0.15) is 16.7 Å². The third-order valence-electron chi connectivity index (χ3n) is 15.0. The summed E-state index contributed by atoms with van der Waals surface area (Å²) in [5, 5.41) is 4.46. The summed E-state index contributed by atoms with van der Waals surface area (Å²) in [4.78, 5) is 10.4. The van der Waals surface area contributed by atoms with Gasteiger partial charge in [-0.05, 0) is 99.2 Å². The van der Waals surface area contributed by atoms with E-state index in [1.54, 1.807) is 6.07 Å². The van der Waals surface area contributed by atoms with Gasteiger partial charge < -0.3 is 13.4 Å². The molecule has 1 unspecified atom stereocenters. The van der Waals surface area contributed by atoms with Crippen LogP contribution in [0.1, 0.15) is 134 Å². The molecular weight excluding hydrogens is 1110 g/mol. The standard InChI is InChI=1S/C37H29N2O2.C33H32N.Ir/c1-21(2)27-20-28-24-13-6-10-19-32(24)41-36(28)33(22(3)4)34(27)39-30-17-8-7-16-29(30)38-37(39)26-15-11-14-25-23-12-5-9-18-31(23)40-35(25)26;1-21(2)26-15-11-16-27(22(3)4)31(26)32-28-14-9-10-17-30(28)34-33(32)25-19-18-23(5)29(20-25)24-12-7-6-8-13-24;/h5-14,16-22H,1-4H3;6-18,20-22,32H,1-5H3;/q2*-1;/i;5D3;. The van der Waals surface area contributed by atoms with Crippen molar-refractivity contribution in [3.8, 4) is 28.2 Å². The zero-order chi connectivity index (χ0) is 54.1. The summed E-state index contributed by atoms with van der Waals surface area (Å²) in [5.74, 6) is 1.93. The molecule has 13 rings (SSSR count). The van der Waals surface area contributed by atoms with Gasteiger partial charge in [0.2, 0.25) is 0 Å². The predicted octanol–water partition coefficient (Wildman–Crippen LogP) is 19.5. The summed E-state index contributed by atoms with van der Waals surface area (Å²) >= 11 is 0. The van der Waals surface area contributed by atoms with Gasteiger partial charge in [0.25, 0.3) is 0 Å². The van der Waals surface area contributed by atoms with Crippen molar-refractivity contribution in [3.63, 3.8) is 0 Å². The number of nitrogens with zero attached hydrogens (tertiary/aromatic N) is 3. The molecule has 9 aromatic carbocycles. The molecule has 1 aliphatic rings. The topological polar surface area (TPSA) is 56.5 Å². The number of imidazole rings is 1. The van der Waals surface area contributed by atoms with Crippen molar-refractivity contribution >= 4 is 66.3 Å². The summed E-state index contributed by atoms with van der Waals surface area (Å²) < 4.78 is 39.9. The quantitative estimate of drug-likeness (QED) is 0.135. The Kier molecular flexibility index (Phi) is 12.6. The van der Waals surface area contributed by atoms with Crippen LogP contribution in [0.4, 0.5) is 5.69 Å². The van der Waals surface area contributed by atoms with Gasteiger partial charge in [-0.1, -0.05) is 194 Å². The first-order valence-corrected chi connectivity index (χ1v) is 26.4. The fraction of sp³-hybridized carbons (Fsp3) is 0.200. The zero-order valence-electron chi connectivity index (χ0n) is 47.1. The second kappa shape index (κ2) is 20.5. The molecule has 12 aromatic rings. The van der Waals surface area contributed by atoms with E-state index in [2.05, 4.69) is 169 Å². The van der Waals surface area contributed by atoms with Gasteiger partial charge in [-0.3, -0.25) is 9.98 Å². The third kappa shape index (κ3) is 8.62. The number of aromatic nitrogens is 2. The Hall–Kier alpha value is -7.63. The van der Waals surface area contributed by atoms with Crippen LogP contribution in [0.2, 0.25) is 0 Å². The van der Waals surface area contributed by atoms with E-state index in [0.717, 1.165) is 94.5 Å². The number of aliphatic imine (C=N–C) groups is 1. The summed E-state index contributed by atoms with van der Waals surface area (Å²) in [6, 6.07) is 66.5. The van der Waals surface area contributed by atoms with Gasteiger partial charge in [0, 0.05) is 57.5 Å². The molecule has 6 heteroatoms. The van der Waals surface area contributed by atoms with Gasteiger partial charge in [0.15, 0.2) is 0 Å². The van der Waals surface area contributed by atoms with E-state index in [9.17, 15) is 0 Å². The molecule has 0 bridgehead atoms. The number of benzene rings is 9. The van der Waals surface area contributed by atoms with Gasteiger partial charge in [-0.2, -0.15) is 0 Å². The third-order valence-corrected chi connectivity index (χ3v) is 15.0. The van der Waals surface area contributed by atoms with Crippen LogP contribution in [-0.4, -0.2) is 15.3 Å². The molecule has 0 aliphatic carbocycles. The zero-order valence-corrected chi connectivity index (χ0v) is 46.5. The van der Waals surface area contributed by atoms with Crippen molar-refractivity contribution in [1.29, 1.82) is 0 Å². The fourth-order valence-electron chi connectivity index (χ4n) is 11.5. The monoisotopic (exact) mass is 1170 g/mol. The van der Waals surface area contributed by atoms with Gasteiger partial charge in [-0.25, -0.2) is 0 Å². The number of furan rings is 2. The Balaban J connectivity index is 0.000000166. The van der Waals surface area contributed by atoms with Crippen molar-refractivity contribution in [2.24, 2.45) is 4.99 Å². The molecule has 4 heterocycles. The molecule has 1 radical (unpaired) electrons. The van der Waals surface area contributed by atoms with E-state index in [0.29, 0.717) is 23.0 Å². The second-order valence-electron chi connectivity index (χ2n) is 21.2. The normalized spacial score (nSPS) is 14.1. The van der Waals surface area contributed by atoms with Gasteiger partial charge >= 0.3 is 0 Å². The predicted molar refractivity (Wildman–Crippen MR) is 313 cm³/mol. The van der Waals surface area contributed by atoms with E-state index < -0.39 is 6.85 Å². The largest absolute Gasteiger partial charge is 0.501 e. The first-order valence-electron chi connectivity index (χ1n) is 27.9. The summed E-state index contributed by atoms with van der Waals surface area (Å²) in [6.07, 6.45) is 0. The Morgan fingerprint density at radius 1 is 0.579 bits per heavy atom. The van der Waals surface area contributed by atoms with Gasteiger partial charge in [0.05, 0.1) is 28.1 Å². The summed E-state index contributed by atoms with van der Waals surface area (Å²) in [6.45, 7) is 15.8. The molecule has 0 N–H and O–H groups in total. The number of hydrogen-bond donors (Lipinski definition) is 0. The van der Waals surface area contributed by atoms with Crippen molar-refractivity contribution < 1.29 is 33.1 Å². The number of para-hydroxylation sites is 5. The number of hydrogen-bond acceptors (Lipinski definition) is 4. The molecule has 3 aromatic heterocycles. The molecule has 1 aliphatic heterocycles. The number of fused-ring (bicyclic) bond motifs is 8. The van der Waals surface area contributed by atoms with E-state index in [-0.39, 0.29) is 37.9 Å². The molecular formula is C70H61IrN3O2-2. The SMILES string of the molecule is CC(C)c1cc2c(oc3ccccc32)c(C(C)C)c1-n1c(-c2[c-]ccc3c2oc2ccccc23)nc2ccccc21.[2H]C([2H])([2H])c1c[c-]c(C2=Nc3ccccc3C2c2c(C(C)C)cccc2C(C)C)cc1-c1ccccc1.[Ir]. The van der Waals surface area contributed by atoms with Crippen LogP contribution >= 0.6 is 0 Å². The molecule has 379 valence electrons. The van der Waals surface area contributed by atoms with Crippen molar-refractivity contribution in [2.75, 3.05) is 0 Å². The smallest absolute Gasteiger partial charge is 0.140 e. The van der Waals surface area contributed by atoms with E-state index in [1.165, 1.54) is 33.4 Å². The molecule has 5 nitrogen and oxygen atoms in total. The number of aryl methyl sites for hydroxylation is 1. The maximum Gasteiger partial charge on any atom is 0.140 e. The van der Waals surface area contributed by atoms with Crippen LogP contribution in [0.15, 0.2) is 190 Å². The molecule has 0 fully saturated rings. The molecule has 0 amide bonds. The van der Waals surface area contributed by atoms with Crippen LogP contribution < -0.4 is 0 Å². The molecule has 0 saturated carbocycles. The van der Waals surface area contributed by atoms with Crippen molar-refractivity contribution in [2.45, 2.75) is 91.8 Å². The summed E-state index contributed by atoms with van der Waals surface area (Å²) in [5.41, 5.74) is 19.6. The maximum atomic E-state index is 8.16. The van der Waals surface area contributed by atoms with Crippen LogP contribution in [-0.2, 0) is 20.1 Å². The minimum atomic E-state index is -2.24. The van der Waals surface area contributed by atoms with E-state index in [1.807, 2.05) is 72.8 Å². The first-order chi connectivity index (χ1) is 37.7. The van der Waals surface area contributed by atoms with E-state index in [4.69, 9.17) is 22.9 Å². The number of rotatable bonds is 9. The summed E-state index contributed by atoms with van der Waals surface area (Å²) in [7, 11) is 0. The Morgan fingerprint density at radius 2 is 1.21 bits per heavy atom. The minimum absolute atomic E-state index is 0. The maximum absolute atomic E-state index is 8.16. The van der Waals surface area contributed by atoms with Crippen LogP contribution in [0.3, 0.4) is 0 Å². The minimum Gasteiger partial charge on any atom is -0.501 e. The van der Waals surface area contributed by atoms with Gasteiger partial charge in [-0.15, -0.1) is 47.5 Å². The Bertz CT molecular complexity index is 4260. The van der Waals surface area contributed by atoms with Crippen molar-refractivity contribution in [3.05, 3.63) is 233 Å². The van der Waals surface area contributed by atoms with Crippen molar-refractivity contribution in [1.82, 2.24) is 9.55 Å². The molecule has 1 atom stereocenters. The average molecular weight is 1170 g/mol. The van der Waals surface area contributed by atoms with E-state index >= 15 is 0 Å².